The van der Waals surface area contributed by atoms with Crippen LogP contribution in [0, 0.1) is 13.8 Å². The molecule has 0 unspecified atom stereocenters. The van der Waals surface area contributed by atoms with E-state index in [0.717, 1.165) is 21.3 Å². The van der Waals surface area contributed by atoms with E-state index in [-0.39, 0.29) is 0 Å². The predicted octanol–water partition coefficient (Wildman–Crippen LogP) is 4.41. The van der Waals surface area contributed by atoms with Gasteiger partial charge in [-0.2, -0.15) is 0 Å². The van der Waals surface area contributed by atoms with E-state index in [9.17, 15) is 4.79 Å². The maximum atomic E-state index is 11.6. The van der Waals surface area contributed by atoms with E-state index in [1.807, 2.05) is 46.8 Å². The Bertz CT molecular complexity index is 436. The fourth-order valence-corrected chi connectivity index (χ4v) is 1.79. The summed E-state index contributed by atoms with van der Waals surface area (Å²) in [6.45, 7) is 9.44. The molecule has 1 aromatic carbocycles. The molecule has 1 amide bonds. The predicted molar refractivity (Wildman–Crippen MR) is 73.5 cm³/mol. The average Bonchev–Trinajstić information content (AvgIpc) is 2.11. The second-order valence-corrected chi connectivity index (χ2v) is 5.90. The number of rotatable bonds is 1. The highest BCUT2D eigenvalue weighted by atomic mass is 79.9. The molecule has 0 aromatic heterocycles. The Labute approximate surface area is 111 Å². The van der Waals surface area contributed by atoms with Crippen molar-refractivity contribution in [3.05, 3.63) is 27.7 Å². The number of halogens is 1. The van der Waals surface area contributed by atoms with Crippen LogP contribution in [0.3, 0.4) is 0 Å². The zero-order valence-electron chi connectivity index (χ0n) is 10.8. The van der Waals surface area contributed by atoms with Crippen molar-refractivity contribution in [2.24, 2.45) is 0 Å². The molecule has 17 heavy (non-hydrogen) atoms. The number of carbonyl (C=O) groups excluding carboxylic acids is 1. The van der Waals surface area contributed by atoms with Gasteiger partial charge in [-0.1, -0.05) is 15.9 Å². The minimum absolute atomic E-state index is 0.428. The molecule has 0 atom stereocenters. The number of hydrogen-bond acceptors (Lipinski definition) is 2. The van der Waals surface area contributed by atoms with Gasteiger partial charge < -0.3 is 4.74 Å². The molecule has 0 saturated carbocycles. The molecule has 0 heterocycles. The Morgan fingerprint density at radius 3 is 2.35 bits per heavy atom. The average molecular weight is 300 g/mol. The van der Waals surface area contributed by atoms with Gasteiger partial charge in [0.25, 0.3) is 0 Å². The number of benzene rings is 1. The number of hydrogen-bond donors (Lipinski definition) is 1. The van der Waals surface area contributed by atoms with Crippen LogP contribution in [0.2, 0.25) is 0 Å². The minimum atomic E-state index is -0.484. The summed E-state index contributed by atoms with van der Waals surface area (Å²) >= 11 is 3.45. The third-order valence-electron chi connectivity index (χ3n) is 2.14. The van der Waals surface area contributed by atoms with E-state index in [4.69, 9.17) is 4.74 Å². The SMILES string of the molecule is Cc1cc(NC(=O)OC(C)(C)C)c(C)cc1Br. The summed E-state index contributed by atoms with van der Waals surface area (Å²) in [6, 6.07) is 3.89. The Balaban J connectivity index is 2.82. The monoisotopic (exact) mass is 299 g/mol. The van der Waals surface area contributed by atoms with Gasteiger partial charge in [0, 0.05) is 10.2 Å². The molecule has 0 spiro atoms. The molecule has 0 aliphatic heterocycles. The zero-order chi connectivity index (χ0) is 13.2. The highest BCUT2D eigenvalue weighted by Crippen LogP contribution is 2.25. The summed E-state index contributed by atoms with van der Waals surface area (Å²) in [6.07, 6.45) is -0.428. The highest BCUT2D eigenvalue weighted by Gasteiger charge is 2.16. The lowest BCUT2D eigenvalue weighted by Gasteiger charge is -2.20. The van der Waals surface area contributed by atoms with Crippen molar-refractivity contribution in [1.82, 2.24) is 0 Å². The van der Waals surface area contributed by atoms with Gasteiger partial charge in [0.1, 0.15) is 5.60 Å². The molecule has 0 saturated heterocycles. The molecule has 3 nitrogen and oxygen atoms in total. The minimum Gasteiger partial charge on any atom is -0.444 e. The fourth-order valence-electron chi connectivity index (χ4n) is 1.33. The van der Waals surface area contributed by atoms with Crippen molar-refractivity contribution >= 4 is 27.7 Å². The first-order valence-corrected chi connectivity index (χ1v) is 6.25. The van der Waals surface area contributed by atoms with Crippen molar-refractivity contribution in [3.63, 3.8) is 0 Å². The Kier molecular flexibility index (Phi) is 4.20. The van der Waals surface area contributed by atoms with Crippen molar-refractivity contribution in [2.45, 2.75) is 40.2 Å². The number of anilines is 1. The maximum absolute atomic E-state index is 11.6. The van der Waals surface area contributed by atoms with Gasteiger partial charge in [-0.05, 0) is 57.9 Å². The normalized spacial score (nSPS) is 11.2. The van der Waals surface area contributed by atoms with Crippen LogP contribution in [-0.2, 0) is 4.74 Å². The summed E-state index contributed by atoms with van der Waals surface area (Å²) in [5.41, 5.74) is 2.36. The number of carbonyl (C=O) groups is 1. The summed E-state index contributed by atoms with van der Waals surface area (Å²) < 4.78 is 6.24. The van der Waals surface area contributed by atoms with Gasteiger partial charge in [-0.25, -0.2) is 4.79 Å². The summed E-state index contributed by atoms with van der Waals surface area (Å²) in [5.74, 6) is 0. The summed E-state index contributed by atoms with van der Waals surface area (Å²) in [4.78, 5) is 11.6. The van der Waals surface area contributed by atoms with Crippen LogP contribution in [0.1, 0.15) is 31.9 Å². The first kappa shape index (κ1) is 14.0. The second-order valence-electron chi connectivity index (χ2n) is 5.04. The number of ether oxygens (including phenoxy) is 1. The summed E-state index contributed by atoms with van der Waals surface area (Å²) in [7, 11) is 0. The molecular weight excluding hydrogens is 282 g/mol. The molecule has 0 aliphatic rings. The smallest absolute Gasteiger partial charge is 0.412 e. The molecule has 1 N–H and O–H groups in total. The van der Waals surface area contributed by atoms with Gasteiger partial charge in [-0.15, -0.1) is 0 Å². The standard InChI is InChI=1S/C13H18BrNO2/c1-8-7-11(9(2)6-10(8)14)15-12(16)17-13(3,4)5/h6-7H,1-5H3,(H,15,16). The topological polar surface area (TPSA) is 38.3 Å². The third kappa shape index (κ3) is 4.38. The van der Waals surface area contributed by atoms with E-state index < -0.39 is 11.7 Å². The molecule has 0 radical (unpaired) electrons. The first-order chi connectivity index (χ1) is 7.69. The van der Waals surface area contributed by atoms with E-state index in [1.54, 1.807) is 0 Å². The Hall–Kier alpha value is -1.03. The molecule has 94 valence electrons. The lowest BCUT2D eigenvalue weighted by Crippen LogP contribution is -2.27. The van der Waals surface area contributed by atoms with Gasteiger partial charge >= 0.3 is 6.09 Å². The Morgan fingerprint density at radius 2 is 1.82 bits per heavy atom. The van der Waals surface area contributed by atoms with Crippen LogP contribution in [0.25, 0.3) is 0 Å². The molecule has 4 heteroatoms. The van der Waals surface area contributed by atoms with Gasteiger partial charge in [0.05, 0.1) is 0 Å². The Morgan fingerprint density at radius 1 is 1.24 bits per heavy atom. The quantitative estimate of drug-likeness (QED) is 0.834. The van der Waals surface area contributed by atoms with E-state index in [2.05, 4.69) is 21.2 Å². The van der Waals surface area contributed by atoms with Gasteiger partial charge in [0.2, 0.25) is 0 Å². The number of amides is 1. The number of nitrogens with one attached hydrogen (secondary N) is 1. The van der Waals surface area contributed by atoms with E-state index in [1.165, 1.54) is 0 Å². The van der Waals surface area contributed by atoms with Crippen LogP contribution < -0.4 is 5.32 Å². The van der Waals surface area contributed by atoms with Crippen LogP contribution >= 0.6 is 15.9 Å². The van der Waals surface area contributed by atoms with Crippen LogP contribution in [0.15, 0.2) is 16.6 Å². The van der Waals surface area contributed by atoms with Crippen molar-refractivity contribution in [2.75, 3.05) is 5.32 Å². The van der Waals surface area contributed by atoms with Crippen molar-refractivity contribution in [3.8, 4) is 0 Å². The molecular formula is C13H18BrNO2. The lowest BCUT2D eigenvalue weighted by atomic mass is 10.1. The first-order valence-electron chi connectivity index (χ1n) is 5.46. The van der Waals surface area contributed by atoms with Crippen LogP contribution in [-0.4, -0.2) is 11.7 Å². The van der Waals surface area contributed by atoms with Crippen LogP contribution in [0.4, 0.5) is 10.5 Å². The molecule has 1 aromatic rings. The van der Waals surface area contributed by atoms with E-state index in [0.29, 0.717) is 0 Å². The molecule has 0 bridgehead atoms. The fraction of sp³-hybridized carbons (Fsp3) is 0.462. The zero-order valence-corrected chi connectivity index (χ0v) is 12.4. The maximum Gasteiger partial charge on any atom is 0.412 e. The van der Waals surface area contributed by atoms with Crippen LogP contribution in [0.5, 0.6) is 0 Å². The van der Waals surface area contributed by atoms with Gasteiger partial charge in [-0.3, -0.25) is 5.32 Å². The third-order valence-corrected chi connectivity index (χ3v) is 3.00. The largest absolute Gasteiger partial charge is 0.444 e. The summed E-state index contributed by atoms with van der Waals surface area (Å²) in [5, 5.41) is 2.75. The molecule has 0 fully saturated rings. The second kappa shape index (κ2) is 5.08. The number of aryl methyl sites for hydroxylation is 2. The van der Waals surface area contributed by atoms with E-state index >= 15 is 0 Å². The van der Waals surface area contributed by atoms with Gasteiger partial charge in [0.15, 0.2) is 0 Å². The van der Waals surface area contributed by atoms with Crippen molar-refractivity contribution < 1.29 is 9.53 Å². The van der Waals surface area contributed by atoms with Crippen molar-refractivity contribution in [1.29, 1.82) is 0 Å². The lowest BCUT2D eigenvalue weighted by molar-refractivity contribution is 0.0636. The molecule has 1 rings (SSSR count). The highest BCUT2D eigenvalue weighted by molar-refractivity contribution is 9.10. The molecule has 0 aliphatic carbocycles.